The molecule has 5 heteroatoms. The molecule has 0 bridgehead atoms. The maximum Gasteiger partial charge on any atom is 0.138 e. The van der Waals surface area contributed by atoms with Gasteiger partial charge in [0.05, 0.1) is 0 Å². The van der Waals surface area contributed by atoms with E-state index in [1.54, 1.807) is 18.1 Å². The largest absolute Gasteiger partial charge is 0.327 e. The van der Waals surface area contributed by atoms with E-state index in [2.05, 4.69) is 30.2 Å². The van der Waals surface area contributed by atoms with E-state index in [-0.39, 0.29) is 6.04 Å². The minimum atomic E-state index is 0.176. The highest BCUT2D eigenvalue weighted by atomic mass is 32.2. The molecular weight excluding hydrogens is 208 g/mol. The summed E-state index contributed by atoms with van der Waals surface area (Å²) in [7, 11) is 0. The van der Waals surface area contributed by atoms with Crippen molar-refractivity contribution in [3.8, 4) is 0 Å². The van der Waals surface area contributed by atoms with Gasteiger partial charge in [-0.1, -0.05) is 13.8 Å². The first-order valence-corrected chi connectivity index (χ1v) is 6.64. The highest BCUT2D eigenvalue weighted by molar-refractivity contribution is 7.98. The zero-order valence-corrected chi connectivity index (χ0v) is 10.5. The minimum Gasteiger partial charge on any atom is -0.327 e. The molecule has 0 saturated carbocycles. The van der Waals surface area contributed by atoms with Crippen molar-refractivity contribution in [3.05, 3.63) is 12.2 Å². The Labute approximate surface area is 95.6 Å². The molecule has 86 valence electrons. The molecule has 0 spiro atoms. The average Bonchev–Trinajstić information content (AvgIpc) is 2.52. The number of aromatic nitrogens is 3. The zero-order valence-electron chi connectivity index (χ0n) is 9.68. The zero-order chi connectivity index (χ0) is 11.3. The molecule has 4 nitrogen and oxygen atoms in total. The van der Waals surface area contributed by atoms with Crippen molar-refractivity contribution in [1.29, 1.82) is 0 Å². The van der Waals surface area contributed by atoms with Gasteiger partial charge in [0.2, 0.25) is 0 Å². The van der Waals surface area contributed by atoms with Crippen molar-refractivity contribution in [2.75, 3.05) is 12.0 Å². The summed E-state index contributed by atoms with van der Waals surface area (Å²) in [5, 5.41) is 4.21. The third-order valence-electron chi connectivity index (χ3n) is 2.06. The lowest BCUT2D eigenvalue weighted by Crippen LogP contribution is -2.27. The number of nitrogens with zero attached hydrogens (tertiary/aromatic N) is 3. The number of rotatable bonds is 6. The smallest absolute Gasteiger partial charge is 0.138 e. The van der Waals surface area contributed by atoms with E-state index < -0.39 is 0 Å². The first kappa shape index (κ1) is 12.5. The monoisotopic (exact) mass is 228 g/mol. The molecule has 2 N–H and O–H groups in total. The average molecular weight is 228 g/mol. The highest BCUT2D eigenvalue weighted by Gasteiger charge is 2.10. The third-order valence-corrected chi connectivity index (χ3v) is 2.82. The Morgan fingerprint density at radius 1 is 1.53 bits per heavy atom. The van der Waals surface area contributed by atoms with Gasteiger partial charge in [0, 0.05) is 24.8 Å². The first-order valence-electron chi connectivity index (χ1n) is 5.24. The summed E-state index contributed by atoms with van der Waals surface area (Å²) >= 11 is 1.77. The van der Waals surface area contributed by atoms with Crippen LogP contribution in [0.25, 0.3) is 0 Å². The predicted molar refractivity (Wildman–Crippen MR) is 64.9 cm³/mol. The van der Waals surface area contributed by atoms with Gasteiger partial charge in [0.25, 0.3) is 0 Å². The Morgan fingerprint density at radius 2 is 2.27 bits per heavy atom. The molecule has 0 aliphatic carbocycles. The summed E-state index contributed by atoms with van der Waals surface area (Å²) in [4.78, 5) is 4.25. The molecule has 0 saturated heterocycles. The van der Waals surface area contributed by atoms with Crippen molar-refractivity contribution in [1.82, 2.24) is 14.8 Å². The fraction of sp³-hybridized carbons (Fsp3) is 0.800. The molecule has 15 heavy (non-hydrogen) atoms. The molecule has 1 atom stereocenters. The van der Waals surface area contributed by atoms with E-state index >= 15 is 0 Å². The van der Waals surface area contributed by atoms with Crippen LogP contribution in [-0.2, 0) is 13.0 Å². The van der Waals surface area contributed by atoms with Crippen LogP contribution in [0.1, 0.15) is 19.7 Å². The molecule has 0 amide bonds. The maximum absolute atomic E-state index is 5.97. The second-order valence-electron chi connectivity index (χ2n) is 4.17. The van der Waals surface area contributed by atoms with Crippen molar-refractivity contribution < 1.29 is 0 Å². The Bertz CT molecular complexity index is 285. The number of nitrogens with two attached hydrogens (primary N) is 1. The fourth-order valence-electron chi connectivity index (χ4n) is 1.45. The van der Waals surface area contributed by atoms with Crippen LogP contribution in [0.2, 0.25) is 0 Å². The molecule has 1 unspecified atom stereocenters. The van der Waals surface area contributed by atoms with Gasteiger partial charge in [-0.15, -0.1) is 0 Å². The molecule has 0 radical (unpaired) electrons. The van der Waals surface area contributed by atoms with E-state index in [4.69, 9.17) is 5.73 Å². The molecule has 1 aromatic rings. The molecule has 0 aliphatic heterocycles. The van der Waals surface area contributed by atoms with Crippen molar-refractivity contribution in [3.63, 3.8) is 0 Å². The summed E-state index contributed by atoms with van der Waals surface area (Å²) < 4.78 is 1.96. The summed E-state index contributed by atoms with van der Waals surface area (Å²) in [6.45, 7) is 5.27. The lowest BCUT2D eigenvalue weighted by Gasteiger charge is -2.12. The van der Waals surface area contributed by atoms with Gasteiger partial charge < -0.3 is 5.73 Å². The van der Waals surface area contributed by atoms with Gasteiger partial charge in [0.15, 0.2) is 0 Å². The van der Waals surface area contributed by atoms with Gasteiger partial charge in [-0.05, 0) is 12.2 Å². The van der Waals surface area contributed by atoms with E-state index in [9.17, 15) is 0 Å². The Hall–Kier alpha value is -0.550. The van der Waals surface area contributed by atoms with E-state index in [0.29, 0.717) is 5.92 Å². The van der Waals surface area contributed by atoms with Gasteiger partial charge >= 0.3 is 0 Å². The van der Waals surface area contributed by atoms with Crippen LogP contribution in [0, 0.1) is 5.92 Å². The highest BCUT2D eigenvalue weighted by Crippen LogP contribution is 2.05. The quantitative estimate of drug-likeness (QED) is 0.794. The van der Waals surface area contributed by atoms with Crippen molar-refractivity contribution in [2.45, 2.75) is 32.9 Å². The molecule has 1 rings (SSSR count). The summed E-state index contributed by atoms with van der Waals surface area (Å²) in [5.74, 6) is 2.56. The summed E-state index contributed by atoms with van der Waals surface area (Å²) in [6, 6.07) is 0.176. The predicted octanol–water partition coefficient (Wildman–Crippen LogP) is 1.17. The molecular formula is C10H20N4S. The Morgan fingerprint density at radius 3 is 2.87 bits per heavy atom. The standard InChI is InChI=1S/C10H20N4S/c1-8(2)5-14-10(12-7-13-14)4-9(11)6-15-3/h7-9H,4-6,11H2,1-3H3. The van der Waals surface area contributed by atoms with Crippen molar-refractivity contribution >= 4 is 11.8 Å². The van der Waals surface area contributed by atoms with Gasteiger partial charge in [-0.2, -0.15) is 16.9 Å². The maximum atomic E-state index is 5.97. The van der Waals surface area contributed by atoms with Crippen molar-refractivity contribution in [2.24, 2.45) is 11.7 Å². The Balaban J connectivity index is 2.56. The van der Waals surface area contributed by atoms with Crippen LogP contribution in [0.5, 0.6) is 0 Å². The normalized spacial score (nSPS) is 13.4. The van der Waals surface area contributed by atoms with Crippen LogP contribution in [0.4, 0.5) is 0 Å². The van der Waals surface area contributed by atoms with Crippen LogP contribution < -0.4 is 5.73 Å². The second kappa shape index (κ2) is 6.12. The van der Waals surface area contributed by atoms with Crippen LogP contribution in [0.15, 0.2) is 6.33 Å². The number of thioether (sulfide) groups is 1. The number of hydrogen-bond acceptors (Lipinski definition) is 4. The lowest BCUT2D eigenvalue weighted by molar-refractivity contribution is 0.461. The van der Waals surface area contributed by atoms with E-state index in [1.165, 1.54) is 0 Å². The Kier molecular flexibility index (Phi) is 5.11. The van der Waals surface area contributed by atoms with Gasteiger partial charge in [-0.3, -0.25) is 0 Å². The topological polar surface area (TPSA) is 56.7 Å². The van der Waals surface area contributed by atoms with Crippen LogP contribution in [-0.4, -0.2) is 32.8 Å². The SMILES string of the molecule is CSCC(N)Cc1ncnn1CC(C)C. The third kappa shape index (κ3) is 4.22. The summed E-state index contributed by atoms with van der Waals surface area (Å²) in [5.41, 5.74) is 5.97. The van der Waals surface area contributed by atoms with Gasteiger partial charge in [0.1, 0.15) is 12.2 Å². The van der Waals surface area contributed by atoms with Crippen LogP contribution >= 0.6 is 11.8 Å². The van der Waals surface area contributed by atoms with E-state index in [1.807, 2.05) is 4.68 Å². The summed E-state index contributed by atoms with van der Waals surface area (Å²) in [6.07, 6.45) is 4.50. The van der Waals surface area contributed by atoms with Gasteiger partial charge in [-0.25, -0.2) is 9.67 Å². The molecule has 0 aliphatic rings. The molecule has 0 fully saturated rings. The fourth-order valence-corrected chi connectivity index (χ4v) is 2.00. The molecule has 1 heterocycles. The lowest BCUT2D eigenvalue weighted by atomic mass is 10.2. The van der Waals surface area contributed by atoms with Crippen LogP contribution in [0.3, 0.4) is 0 Å². The van der Waals surface area contributed by atoms with E-state index in [0.717, 1.165) is 24.5 Å². The minimum absolute atomic E-state index is 0.176. The molecule has 1 aromatic heterocycles. The second-order valence-corrected chi connectivity index (χ2v) is 5.08. The number of hydrogen-bond donors (Lipinski definition) is 1. The molecule has 0 aromatic carbocycles. The first-order chi connectivity index (χ1) is 7.13.